The summed E-state index contributed by atoms with van der Waals surface area (Å²) in [7, 11) is 0. The molecular formula is C13H13N3O3. The minimum absolute atomic E-state index is 0.0829. The fourth-order valence-corrected chi connectivity index (χ4v) is 1.78. The molecule has 6 nitrogen and oxygen atoms in total. The van der Waals surface area contributed by atoms with E-state index in [0.717, 1.165) is 5.56 Å². The Balaban J connectivity index is 2.10. The molecule has 2 aromatic heterocycles. The summed E-state index contributed by atoms with van der Waals surface area (Å²) in [6, 6.07) is 3.53. The Morgan fingerprint density at radius 1 is 1.47 bits per heavy atom. The van der Waals surface area contributed by atoms with Crippen molar-refractivity contribution in [1.29, 1.82) is 0 Å². The number of H-pyrrole nitrogens is 1. The van der Waals surface area contributed by atoms with Crippen molar-refractivity contribution in [1.82, 2.24) is 9.97 Å². The van der Waals surface area contributed by atoms with Crippen molar-refractivity contribution >= 4 is 17.6 Å². The number of carbonyl (C=O) groups is 2. The first-order chi connectivity index (χ1) is 9.08. The van der Waals surface area contributed by atoms with Crippen LogP contribution < -0.4 is 5.32 Å². The third-order valence-corrected chi connectivity index (χ3v) is 2.65. The van der Waals surface area contributed by atoms with Crippen molar-refractivity contribution in [2.45, 2.75) is 13.3 Å². The molecule has 0 aliphatic heterocycles. The van der Waals surface area contributed by atoms with Crippen LogP contribution in [0.3, 0.4) is 0 Å². The van der Waals surface area contributed by atoms with Crippen LogP contribution in [-0.2, 0) is 11.2 Å². The van der Waals surface area contributed by atoms with Crippen molar-refractivity contribution in [3.63, 3.8) is 0 Å². The summed E-state index contributed by atoms with van der Waals surface area (Å²) in [6.07, 6.45) is 4.84. The van der Waals surface area contributed by atoms with Gasteiger partial charge in [-0.3, -0.25) is 9.78 Å². The fourth-order valence-electron chi connectivity index (χ4n) is 1.78. The number of nitrogens with zero attached hydrogens (tertiary/aromatic N) is 1. The first-order valence-corrected chi connectivity index (χ1v) is 5.68. The van der Waals surface area contributed by atoms with E-state index in [1.165, 1.54) is 6.20 Å². The van der Waals surface area contributed by atoms with Crippen LogP contribution in [0.25, 0.3) is 0 Å². The average molecular weight is 259 g/mol. The van der Waals surface area contributed by atoms with Gasteiger partial charge in [-0.2, -0.15) is 0 Å². The maximum absolute atomic E-state index is 11.8. The number of aromatic nitrogens is 2. The Morgan fingerprint density at radius 3 is 2.89 bits per heavy atom. The number of amides is 1. The zero-order valence-corrected chi connectivity index (χ0v) is 10.3. The normalized spacial score (nSPS) is 10.2. The van der Waals surface area contributed by atoms with Crippen LogP contribution in [0, 0.1) is 6.92 Å². The maximum Gasteiger partial charge on any atom is 0.339 e. The second-order valence-electron chi connectivity index (χ2n) is 4.09. The molecule has 0 saturated heterocycles. The molecule has 0 spiro atoms. The first-order valence-electron chi connectivity index (χ1n) is 5.68. The fraction of sp³-hybridized carbons (Fsp3) is 0.154. The van der Waals surface area contributed by atoms with E-state index in [-0.39, 0.29) is 23.6 Å². The van der Waals surface area contributed by atoms with E-state index >= 15 is 0 Å². The summed E-state index contributed by atoms with van der Waals surface area (Å²) in [5.74, 6) is -1.36. The summed E-state index contributed by atoms with van der Waals surface area (Å²) in [5.41, 5.74) is 1.63. The maximum atomic E-state index is 11.8. The van der Waals surface area contributed by atoms with Crippen molar-refractivity contribution in [2.24, 2.45) is 0 Å². The van der Waals surface area contributed by atoms with Crippen LogP contribution in [0.15, 0.2) is 30.7 Å². The molecular weight excluding hydrogens is 246 g/mol. The van der Waals surface area contributed by atoms with Gasteiger partial charge in [0.25, 0.3) is 0 Å². The molecule has 0 atom stereocenters. The van der Waals surface area contributed by atoms with Gasteiger partial charge in [0.1, 0.15) is 5.56 Å². The first kappa shape index (κ1) is 12.8. The Hall–Kier alpha value is -2.63. The number of pyridine rings is 1. The van der Waals surface area contributed by atoms with Crippen molar-refractivity contribution in [3.8, 4) is 0 Å². The van der Waals surface area contributed by atoms with Crippen molar-refractivity contribution in [2.75, 3.05) is 5.32 Å². The average Bonchev–Trinajstić information content (AvgIpc) is 2.71. The van der Waals surface area contributed by atoms with E-state index in [1.54, 1.807) is 31.5 Å². The molecule has 0 aliphatic rings. The highest BCUT2D eigenvalue weighted by atomic mass is 16.4. The van der Waals surface area contributed by atoms with Gasteiger partial charge in [-0.25, -0.2) is 4.79 Å². The molecule has 0 fully saturated rings. The molecule has 19 heavy (non-hydrogen) atoms. The number of aryl methyl sites for hydroxylation is 1. The lowest BCUT2D eigenvalue weighted by atomic mass is 10.2. The van der Waals surface area contributed by atoms with Gasteiger partial charge in [-0.05, 0) is 18.6 Å². The van der Waals surface area contributed by atoms with Gasteiger partial charge in [-0.15, -0.1) is 0 Å². The molecule has 3 N–H and O–H groups in total. The van der Waals surface area contributed by atoms with Gasteiger partial charge in [0, 0.05) is 24.3 Å². The van der Waals surface area contributed by atoms with Crippen LogP contribution in [0.2, 0.25) is 0 Å². The van der Waals surface area contributed by atoms with E-state index < -0.39 is 5.97 Å². The molecule has 6 heteroatoms. The molecule has 0 saturated carbocycles. The molecule has 0 aliphatic carbocycles. The van der Waals surface area contributed by atoms with Crippen LogP contribution in [-0.4, -0.2) is 27.0 Å². The minimum Gasteiger partial charge on any atom is -0.478 e. The Kier molecular flexibility index (Phi) is 3.61. The highest BCUT2D eigenvalue weighted by molar-refractivity contribution is 6.01. The molecule has 2 aromatic rings. The highest BCUT2D eigenvalue weighted by Crippen LogP contribution is 2.19. The number of rotatable bonds is 4. The van der Waals surface area contributed by atoms with E-state index in [1.807, 2.05) is 0 Å². The SMILES string of the molecule is Cc1[nH]cc(NC(=O)Cc2cccnc2)c1C(=O)O. The Labute approximate surface area is 109 Å². The van der Waals surface area contributed by atoms with Crippen LogP contribution in [0.4, 0.5) is 5.69 Å². The van der Waals surface area contributed by atoms with Crippen molar-refractivity contribution < 1.29 is 14.7 Å². The number of anilines is 1. The van der Waals surface area contributed by atoms with E-state index in [9.17, 15) is 9.59 Å². The number of carboxylic acid groups (broad SMARTS) is 1. The summed E-state index contributed by atoms with van der Waals surface area (Å²) in [4.78, 5) is 29.6. The molecule has 0 bridgehead atoms. The van der Waals surface area contributed by atoms with Gasteiger partial charge in [0.2, 0.25) is 5.91 Å². The summed E-state index contributed by atoms with van der Waals surface area (Å²) in [6.45, 7) is 1.64. The monoisotopic (exact) mass is 259 g/mol. The summed E-state index contributed by atoms with van der Waals surface area (Å²) < 4.78 is 0. The second kappa shape index (κ2) is 5.34. The topological polar surface area (TPSA) is 95.1 Å². The smallest absolute Gasteiger partial charge is 0.339 e. The zero-order valence-electron chi connectivity index (χ0n) is 10.3. The van der Waals surface area contributed by atoms with E-state index in [4.69, 9.17) is 5.11 Å². The third kappa shape index (κ3) is 2.98. The molecule has 0 unspecified atom stereocenters. The minimum atomic E-state index is -1.07. The molecule has 2 heterocycles. The van der Waals surface area contributed by atoms with Gasteiger partial charge in [-0.1, -0.05) is 6.07 Å². The van der Waals surface area contributed by atoms with Crippen LogP contribution >= 0.6 is 0 Å². The van der Waals surface area contributed by atoms with Gasteiger partial charge < -0.3 is 15.4 Å². The Morgan fingerprint density at radius 2 is 2.26 bits per heavy atom. The summed E-state index contributed by atoms with van der Waals surface area (Å²) >= 11 is 0. The Bertz CT molecular complexity index is 605. The molecule has 2 rings (SSSR count). The molecule has 1 amide bonds. The molecule has 0 aromatic carbocycles. The lowest BCUT2D eigenvalue weighted by molar-refractivity contribution is -0.115. The summed E-state index contributed by atoms with van der Waals surface area (Å²) in [5, 5.41) is 11.6. The van der Waals surface area contributed by atoms with Crippen LogP contribution in [0.5, 0.6) is 0 Å². The van der Waals surface area contributed by atoms with Gasteiger partial charge >= 0.3 is 5.97 Å². The highest BCUT2D eigenvalue weighted by Gasteiger charge is 2.17. The number of aromatic carboxylic acids is 1. The van der Waals surface area contributed by atoms with Crippen molar-refractivity contribution in [3.05, 3.63) is 47.5 Å². The van der Waals surface area contributed by atoms with E-state index in [0.29, 0.717) is 5.69 Å². The van der Waals surface area contributed by atoms with Gasteiger partial charge in [0.05, 0.1) is 12.1 Å². The largest absolute Gasteiger partial charge is 0.478 e. The number of aromatic amines is 1. The second-order valence-corrected chi connectivity index (χ2v) is 4.09. The lowest BCUT2D eigenvalue weighted by Gasteiger charge is -2.04. The predicted molar refractivity (Wildman–Crippen MR) is 69.1 cm³/mol. The number of hydrogen-bond acceptors (Lipinski definition) is 3. The van der Waals surface area contributed by atoms with Crippen LogP contribution in [0.1, 0.15) is 21.6 Å². The number of carboxylic acids is 1. The standard InChI is InChI=1S/C13H13N3O3/c1-8-12(13(18)19)10(7-15-8)16-11(17)5-9-3-2-4-14-6-9/h2-4,6-7,15H,5H2,1H3,(H,16,17)(H,18,19). The number of hydrogen-bond donors (Lipinski definition) is 3. The van der Waals surface area contributed by atoms with Gasteiger partial charge in [0.15, 0.2) is 0 Å². The zero-order chi connectivity index (χ0) is 13.8. The third-order valence-electron chi connectivity index (χ3n) is 2.65. The van der Waals surface area contributed by atoms with E-state index in [2.05, 4.69) is 15.3 Å². The lowest BCUT2D eigenvalue weighted by Crippen LogP contribution is -2.16. The molecule has 0 radical (unpaired) electrons. The predicted octanol–water partition coefficient (Wildman–Crippen LogP) is 1.60. The number of carbonyl (C=O) groups excluding carboxylic acids is 1. The number of nitrogens with one attached hydrogen (secondary N) is 2. The quantitative estimate of drug-likeness (QED) is 0.777. The molecule has 98 valence electrons.